The lowest BCUT2D eigenvalue weighted by Crippen LogP contribution is -2.26. The number of para-hydroxylation sites is 2. The molecule has 0 unspecified atom stereocenters. The molecular weight excluding hydrogens is 242 g/mol. The van der Waals surface area contributed by atoms with Crippen molar-refractivity contribution in [3.63, 3.8) is 0 Å². The first-order valence-electron chi connectivity index (χ1n) is 5.99. The molecule has 19 heavy (non-hydrogen) atoms. The Bertz CT molecular complexity index is 610. The molecule has 0 aliphatic carbocycles. The first-order chi connectivity index (χ1) is 9.27. The van der Waals surface area contributed by atoms with E-state index in [0.717, 1.165) is 5.69 Å². The minimum Gasteiger partial charge on any atom is -0.454 e. The number of hydrogen-bond acceptors (Lipinski definition) is 3. The summed E-state index contributed by atoms with van der Waals surface area (Å²) < 4.78 is 10.6. The van der Waals surface area contributed by atoms with Gasteiger partial charge in [0, 0.05) is 12.7 Å². The molecule has 1 aliphatic rings. The van der Waals surface area contributed by atoms with Crippen LogP contribution in [0.3, 0.4) is 0 Å². The number of nitrogens with zero attached hydrogens (tertiary/aromatic N) is 1. The first-order valence-corrected chi connectivity index (χ1v) is 5.99. The average Bonchev–Trinajstić information content (AvgIpc) is 2.95. The Labute approximate surface area is 111 Å². The largest absolute Gasteiger partial charge is 0.454 e. The first kappa shape index (κ1) is 11.6. The third kappa shape index (κ3) is 2.01. The lowest BCUT2D eigenvalue weighted by atomic mass is 10.1. The predicted octanol–water partition coefficient (Wildman–Crippen LogP) is 2.69. The van der Waals surface area contributed by atoms with Crippen molar-refractivity contribution in [1.29, 1.82) is 0 Å². The number of carbonyl (C=O) groups is 1. The summed E-state index contributed by atoms with van der Waals surface area (Å²) in [6.07, 6.45) is 0. The van der Waals surface area contributed by atoms with Crippen LogP contribution in [0.4, 0.5) is 5.69 Å². The van der Waals surface area contributed by atoms with E-state index in [0.29, 0.717) is 17.1 Å². The average molecular weight is 255 g/mol. The fraction of sp³-hybridized carbons (Fsp3) is 0.133. The van der Waals surface area contributed by atoms with Crippen LogP contribution >= 0.6 is 0 Å². The molecule has 0 spiro atoms. The van der Waals surface area contributed by atoms with E-state index in [-0.39, 0.29) is 12.7 Å². The van der Waals surface area contributed by atoms with Crippen LogP contribution in [0.15, 0.2) is 48.5 Å². The maximum absolute atomic E-state index is 12.5. The standard InChI is InChI=1S/C15H13NO3/c1-16(11-6-3-2-4-7-11)15(17)12-8-5-9-13-14(12)19-10-18-13/h2-9H,10H2,1H3. The molecule has 0 saturated heterocycles. The molecular formula is C15H13NO3. The maximum Gasteiger partial charge on any atom is 0.261 e. The van der Waals surface area contributed by atoms with Crippen molar-refractivity contribution in [3.05, 3.63) is 54.1 Å². The van der Waals surface area contributed by atoms with E-state index < -0.39 is 0 Å². The van der Waals surface area contributed by atoms with Crippen LogP contribution in [-0.4, -0.2) is 19.7 Å². The van der Waals surface area contributed by atoms with Crippen LogP contribution in [0.25, 0.3) is 0 Å². The van der Waals surface area contributed by atoms with Gasteiger partial charge in [-0.05, 0) is 24.3 Å². The second-order valence-electron chi connectivity index (χ2n) is 4.24. The summed E-state index contributed by atoms with van der Waals surface area (Å²) in [6.45, 7) is 0.161. The van der Waals surface area contributed by atoms with Gasteiger partial charge in [0.25, 0.3) is 5.91 Å². The Balaban J connectivity index is 1.95. The minimum absolute atomic E-state index is 0.117. The molecule has 4 nitrogen and oxygen atoms in total. The fourth-order valence-corrected chi connectivity index (χ4v) is 2.05. The van der Waals surface area contributed by atoms with Crippen LogP contribution < -0.4 is 14.4 Å². The molecule has 2 aromatic carbocycles. The fourth-order valence-electron chi connectivity index (χ4n) is 2.05. The highest BCUT2D eigenvalue weighted by molar-refractivity contribution is 6.08. The lowest BCUT2D eigenvalue weighted by Gasteiger charge is -2.18. The predicted molar refractivity (Wildman–Crippen MR) is 71.7 cm³/mol. The highest BCUT2D eigenvalue weighted by Gasteiger charge is 2.24. The molecule has 0 atom stereocenters. The van der Waals surface area contributed by atoms with Crippen LogP contribution in [-0.2, 0) is 0 Å². The van der Waals surface area contributed by atoms with Crippen molar-refractivity contribution >= 4 is 11.6 Å². The monoisotopic (exact) mass is 255 g/mol. The zero-order chi connectivity index (χ0) is 13.2. The Morgan fingerprint density at radius 2 is 1.84 bits per heavy atom. The summed E-state index contributed by atoms with van der Waals surface area (Å²) >= 11 is 0. The summed E-state index contributed by atoms with van der Waals surface area (Å²) in [5, 5.41) is 0. The van der Waals surface area contributed by atoms with Crippen LogP contribution in [0.5, 0.6) is 11.5 Å². The van der Waals surface area contributed by atoms with Gasteiger partial charge in [-0.2, -0.15) is 0 Å². The molecule has 96 valence electrons. The molecule has 0 saturated carbocycles. The number of ether oxygens (including phenoxy) is 2. The van der Waals surface area contributed by atoms with Gasteiger partial charge in [0.2, 0.25) is 6.79 Å². The quantitative estimate of drug-likeness (QED) is 0.828. The number of fused-ring (bicyclic) bond motifs is 1. The lowest BCUT2D eigenvalue weighted by molar-refractivity contribution is 0.0988. The van der Waals surface area contributed by atoms with Gasteiger partial charge < -0.3 is 14.4 Å². The number of rotatable bonds is 2. The third-order valence-corrected chi connectivity index (χ3v) is 3.08. The summed E-state index contributed by atoms with van der Waals surface area (Å²) in [5.41, 5.74) is 1.35. The summed E-state index contributed by atoms with van der Waals surface area (Å²) in [7, 11) is 1.74. The molecule has 1 amide bonds. The molecule has 2 aromatic rings. The van der Waals surface area contributed by atoms with Gasteiger partial charge in [0.15, 0.2) is 11.5 Å². The number of hydrogen-bond donors (Lipinski definition) is 0. The SMILES string of the molecule is CN(C(=O)c1cccc2c1OCO2)c1ccccc1. The molecule has 0 N–H and O–H groups in total. The third-order valence-electron chi connectivity index (χ3n) is 3.08. The van der Waals surface area contributed by atoms with Crippen molar-refractivity contribution in [3.8, 4) is 11.5 Å². The normalized spacial score (nSPS) is 12.3. The molecule has 0 aromatic heterocycles. The van der Waals surface area contributed by atoms with Gasteiger partial charge in [-0.3, -0.25) is 4.79 Å². The highest BCUT2D eigenvalue weighted by atomic mass is 16.7. The smallest absolute Gasteiger partial charge is 0.261 e. The van der Waals surface area contributed by atoms with Gasteiger partial charge in [-0.25, -0.2) is 0 Å². The number of amides is 1. The van der Waals surface area contributed by atoms with E-state index in [1.807, 2.05) is 30.3 Å². The van der Waals surface area contributed by atoms with E-state index >= 15 is 0 Å². The van der Waals surface area contributed by atoms with Gasteiger partial charge >= 0.3 is 0 Å². The molecule has 1 heterocycles. The Kier molecular flexibility index (Phi) is 2.83. The molecule has 3 rings (SSSR count). The van der Waals surface area contributed by atoms with Crippen molar-refractivity contribution in [2.24, 2.45) is 0 Å². The van der Waals surface area contributed by atoms with Gasteiger partial charge in [0.05, 0.1) is 5.56 Å². The highest BCUT2D eigenvalue weighted by Crippen LogP contribution is 2.36. The Morgan fingerprint density at radius 3 is 2.63 bits per heavy atom. The molecule has 0 bridgehead atoms. The Hall–Kier alpha value is -2.49. The number of benzene rings is 2. The topological polar surface area (TPSA) is 38.8 Å². The van der Waals surface area contributed by atoms with Gasteiger partial charge in [0.1, 0.15) is 0 Å². The summed E-state index contributed by atoms with van der Waals surface area (Å²) in [4.78, 5) is 14.1. The number of carbonyl (C=O) groups excluding carboxylic acids is 1. The van der Waals surface area contributed by atoms with Crippen molar-refractivity contribution in [2.75, 3.05) is 18.7 Å². The van der Waals surface area contributed by atoms with Crippen molar-refractivity contribution in [1.82, 2.24) is 0 Å². The van der Waals surface area contributed by atoms with E-state index in [1.54, 1.807) is 30.1 Å². The van der Waals surface area contributed by atoms with E-state index in [9.17, 15) is 4.79 Å². The second kappa shape index (κ2) is 4.65. The number of anilines is 1. The van der Waals surface area contributed by atoms with Crippen LogP contribution in [0, 0.1) is 0 Å². The van der Waals surface area contributed by atoms with E-state index in [2.05, 4.69) is 0 Å². The Morgan fingerprint density at radius 1 is 1.05 bits per heavy atom. The second-order valence-corrected chi connectivity index (χ2v) is 4.24. The van der Waals surface area contributed by atoms with Gasteiger partial charge in [-0.15, -0.1) is 0 Å². The van der Waals surface area contributed by atoms with Crippen molar-refractivity contribution in [2.45, 2.75) is 0 Å². The van der Waals surface area contributed by atoms with E-state index in [1.165, 1.54) is 0 Å². The molecule has 1 aliphatic heterocycles. The zero-order valence-corrected chi connectivity index (χ0v) is 10.5. The van der Waals surface area contributed by atoms with Crippen molar-refractivity contribution < 1.29 is 14.3 Å². The minimum atomic E-state index is -0.117. The van der Waals surface area contributed by atoms with Gasteiger partial charge in [-0.1, -0.05) is 24.3 Å². The van der Waals surface area contributed by atoms with Crippen LogP contribution in [0.1, 0.15) is 10.4 Å². The molecule has 0 fully saturated rings. The van der Waals surface area contributed by atoms with Crippen LogP contribution in [0.2, 0.25) is 0 Å². The summed E-state index contributed by atoms with van der Waals surface area (Å²) in [6, 6.07) is 14.8. The summed E-state index contributed by atoms with van der Waals surface area (Å²) in [5.74, 6) is 1.02. The zero-order valence-electron chi connectivity index (χ0n) is 10.5. The molecule has 0 radical (unpaired) electrons. The maximum atomic E-state index is 12.5. The van der Waals surface area contributed by atoms with E-state index in [4.69, 9.17) is 9.47 Å². The molecule has 4 heteroatoms.